The first-order valence-electron chi connectivity index (χ1n) is 5.08. The molecule has 0 radical (unpaired) electrons. The molecule has 1 nitrogen and oxygen atoms in total. The van der Waals surface area contributed by atoms with Gasteiger partial charge in [-0.2, -0.15) is 11.8 Å². The van der Waals surface area contributed by atoms with Crippen molar-refractivity contribution in [3.05, 3.63) is 35.1 Å². The van der Waals surface area contributed by atoms with Gasteiger partial charge in [0.25, 0.3) is 0 Å². The van der Waals surface area contributed by atoms with E-state index in [9.17, 15) is 9.50 Å². The molecule has 0 spiro atoms. The van der Waals surface area contributed by atoms with Crippen molar-refractivity contribution < 1.29 is 9.50 Å². The van der Waals surface area contributed by atoms with Crippen LogP contribution in [0.3, 0.4) is 0 Å². The molecule has 15 heavy (non-hydrogen) atoms. The van der Waals surface area contributed by atoms with Gasteiger partial charge in [-0.05, 0) is 55.0 Å². The van der Waals surface area contributed by atoms with E-state index in [1.165, 1.54) is 12.1 Å². The molecule has 0 aromatic heterocycles. The van der Waals surface area contributed by atoms with Crippen LogP contribution < -0.4 is 0 Å². The van der Waals surface area contributed by atoms with Gasteiger partial charge >= 0.3 is 0 Å². The highest BCUT2D eigenvalue weighted by Crippen LogP contribution is 2.23. The highest BCUT2D eigenvalue weighted by atomic mass is 32.2. The summed E-state index contributed by atoms with van der Waals surface area (Å²) in [5.41, 5.74) is 1.67. The monoisotopic (exact) mass is 228 g/mol. The first-order valence-corrected chi connectivity index (χ1v) is 6.47. The molecule has 1 unspecified atom stereocenters. The van der Waals surface area contributed by atoms with E-state index in [1.54, 1.807) is 17.8 Å². The Balaban J connectivity index is 2.64. The van der Waals surface area contributed by atoms with Gasteiger partial charge in [-0.15, -0.1) is 0 Å². The summed E-state index contributed by atoms with van der Waals surface area (Å²) in [7, 11) is 0. The molecule has 0 heterocycles. The summed E-state index contributed by atoms with van der Waals surface area (Å²) in [5, 5.41) is 9.88. The van der Waals surface area contributed by atoms with E-state index >= 15 is 0 Å². The van der Waals surface area contributed by atoms with Gasteiger partial charge in [0, 0.05) is 0 Å². The first-order chi connectivity index (χ1) is 7.15. The Labute approximate surface area is 94.7 Å². The summed E-state index contributed by atoms with van der Waals surface area (Å²) in [4.78, 5) is 0. The van der Waals surface area contributed by atoms with E-state index in [0.717, 1.165) is 23.3 Å². The largest absolute Gasteiger partial charge is 0.388 e. The van der Waals surface area contributed by atoms with Gasteiger partial charge in [-0.25, -0.2) is 4.39 Å². The zero-order valence-corrected chi connectivity index (χ0v) is 9.98. The van der Waals surface area contributed by atoms with E-state index in [2.05, 4.69) is 0 Å². The van der Waals surface area contributed by atoms with Gasteiger partial charge < -0.3 is 5.11 Å². The van der Waals surface area contributed by atoms with Crippen LogP contribution in [-0.4, -0.2) is 17.1 Å². The summed E-state index contributed by atoms with van der Waals surface area (Å²) >= 11 is 1.76. The van der Waals surface area contributed by atoms with E-state index < -0.39 is 6.10 Å². The molecule has 0 aliphatic carbocycles. The van der Waals surface area contributed by atoms with E-state index in [0.29, 0.717) is 6.42 Å². The molecule has 1 atom stereocenters. The predicted octanol–water partition coefficient (Wildman–Crippen LogP) is 3.31. The van der Waals surface area contributed by atoms with Crippen molar-refractivity contribution >= 4 is 11.8 Å². The zero-order chi connectivity index (χ0) is 11.3. The second kappa shape index (κ2) is 6.13. The van der Waals surface area contributed by atoms with Gasteiger partial charge in [-0.3, -0.25) is 0 Å². The van der Waals surface area contributed by atoms with Crippen molar-refractivity contribution in [2.24, 2.45) is 0 Å². The number of rotatable bonds is 5. The molecule has 1 rings (SSSR count). The number of aliphatic hydroxyl groups excluding tert-OH is 1. The third-order valence-corrected chi connectivity index (χ3v) is 3.12. The maximum Gasteiger partial charge on any atom is 0.123 e. The molecule has 0 aliphatic rings. The summed E-state index contributed by atoms with van der Waals surface area (Å²) in [5.74, 6) is 0.755. The number of benzene rings is 1. The van der Waals surface area contributed by atoms with Gasteiger partial charge in [0.05, 0.1) is 6.10 Å². The van der Waals surface area contributed by atoms with Crippen LogP contribution in [0.25, 0.3) is 0 Å². The lowest BCUT2D eigenvalue weighted by molar-refractivity contribution is 0.165. The predicted molar refractivity (Wildman–Crippen MR) is 63.7 cm³/mol. The molecule has 0 fully saturated rings. The standard InChI is InChI=1S/C12H17FOS/c1-9-5-6-10(13)8-11(9)12(14)4-3-7-15-2/h5-6,8,12,14H,3-4,7H2,1-2H3. The minimum atomic E-state index is -0.534. The van der Waals surface area contributed by atoms with Crippen LogP contribution in [0.2, 0.25) is 0 Å². The smallest absolute Gasteiger partial charge is 0.123 e. The maximum absolute atomic E-state index is 13.0. The number of hydrogen-bond acceptors (Lipinski definition) is 2. The molecule has 0 aliphatic heterocycles. The number of halogens is 1. The third-order valence-electron chi connectivity index (χ3n) is 2.43. The Hall–Kier alpha value is -0.540. The molecular formula is C12H17FOS. The third kappa shape index (κ3) is 3.84. The van der Waals surface area contributed by atoms with Crippen molar-refractivity contribution in [2.45, 2.75) is 25.9 Å². The average Bonchev–Trinajstić information content (AvgIpc) is 2.22. The Morgan fingerprint density at radius 2 is 2.20 bits per heavy atom. The van der Waals surface area contributed by atoms with Crippen LogP contribution in [0.1, 0.15) is 30.1 Å². The molecule has 1 aromatic rings. The van der Waals surface area contributed by atoms with Gasteiger partial charge in [0.1, 0.15) is 5.82 Å². The topological polar surface area (TPSA) is 20.2 Å². The average molecular weight is 228 g/mol. The lowest BCUT2D eigenvalue weighted by Gasteiger charge is -2.13. The summed E-state index contributed by atoms with van der Waals surface area (Å²) in [6, 6.07) is 4.56. The number of hydrogen-bond donors (Lipinski definition) is 1. The highest BCUT2D eigenvalue weighted by Gasteiger charge is 2.10. The van der Waals surface area contributed by atoms with E-state index in [4.69, 9.17) is 0 Å². The van der Waals surface area contributed by atoms with Crippen LogP contribution in [0.5, 0.6) is 0 Å². The fourth-order valence-electron chi connectivity index (χ4n) is 1.55. The normalized spacial score (nSPS) is 12.8. The number of aliphatic hydroxyl groups is 1. The molecule has 0 amide bonds. The SMILES string of the molecule is CSCCCC(O)c1cc(F)ccc1C. The minimum Gasteiger partial charge on any atom is -0.388 e. The first kappa shape index (κ1) is 12.5. The van der Waals surface area contributed by atoms with Crippen molar-refractivity contribution in [2.75, 3.05) is 12.0 Å². The van der Waals surface area contributed by atoms with Gasteiger partial charge in [0.2, 0.25) is 0 Å². The lowest BCUT2D eigenvalue weighted by Crippen LogP contribution is -2.01. The van der Waals surface area contributed by atoms with Crippen LogP contribution in [0, 0.1) is 12.7 Å². The quantitative estimate of drug-likeness (QED) is 0.780. The molecule has 3 heteroatoms. The Morgan fingerprint density at radius 1 is 1.47 bits per heavy atom. The fraction of sp³-hybridized carbons (Fsp3) is 0.500. The van der Waals surface area contributed by atoms with Crippen LogP contribution in [0.4, 0.5) is 4.39 Å². The maximum atomic E-state index is 13.0. The summed E-state index contributed by atoms with van der Waals surface area (Å²) < 4.78 is 13.0. The molecule has 0 saturated carbocycles. The number of thioether (sulfide) groups is 1. The molecule has 84 valence electrons. The van der Waals surface area contributed by atoms with Crippen molar-refractivity contribution in [1.82, 2.24) is 0 Å². The second-order valence-corrected chi connectivity index (χ2v) is 4.64. The Kier molecular flexibility index (Phi) is 5.12. The van der Waals surface area contributed by atoms with Crippen molar-refractivity contribution in [3.63, 3.8) is 0 Å². The van der Waals surface area contributed by atoms with Crippen LogP contribution >= 0.6 is 11.8 Å². The van der Waals surface area contributed by atoms with Gasteiger partial charge in [0.15, 0.2) is 0 Å². The van der Waals surface area contributed by atoms with Crippen LogP contribution in [0.15, 0.2) is 18.2 Å². The second-order valence-electron chi connectivity index (χ2n) is 3.65. The molecule has 1 N–H and O–H groups in total. The van der Waals surface area contributed by atoms with Crippen LogP contribution in [-0.2, 0) is 0 Å². The highest BCUT2D eigenvalue weighted by molar-refractivity contribution is 7.98. The van der Waals surface area contributed by atoms with Crippen molar-refractivity contribution in [1.29, 1.82) is 0 Å². The molecule has 0 bridgehead atoms. The minimum absolute atomic E-state index is 0.278. The Morgan fingerprint density at radius 3 is 2.87 bits per heavy atom. The Bertz CT molecular complexity index is 314. The molecule has 1 aromatic carbocycles. The van der Waals surface area contributed by atoms with E-state index in [1.807, 2.05) is 13.2 Å². The fourth-order valence-corrected chi connectivity index (χ4v) is 2.00. The molecular weight excluding hydrogens is 211 g/mol. The summed E-state index contributed by atoms with van der Waals surface area (Å²) in [6.07, 6.45) is 3.16. The summed E-state index contributed by atoms with van der Waals surface area (Å²) in [6.45, 7) is 1.90. The zero-order valence-electron chi connectivity index (χ0n) is 9.16. The lowest BCUT2D eigenvalue weighted by atomic mass is 10.0. The van der Waals surface area contributed by atoms with Crippen molar-refractivity contribution in [3.8, 4) is 0 Å². The molecule has 0 saturated heterocycles. The van der Waals surface area contributed by atoms with E-state index in [-0.39, 0.29) is 5.82 Å². The van der Waals surface area contributed by atoms with Gasteiger partial charge in [-0.1, -0.05) is 6.07 Å². The number of aryl methyl sites for hydroxylation is 1.